The van der Waals surface area contributed by atoms with E-state index in [0.29, 0.717) is 5.69 Å². The number of methoxy groups -OCH3 is 1. The predicted octanol–water partition coefficient (Wildman–Crippen LogP) is 4.68. The molecule has 4 rings (SSSR count). The van der Waals surface area contributed by atoms with Gasteiger partial charge in [-0.15, -0.1) is 0 Å². The SMILES string of the molecule is C.C.COC(=O)c1ccc2c(n1)CCCC2.O=C(O)c1ccc2c(n1)CCCC2. The molecule has 0 amide bonds. The maximum absolute atomic E-state index is 11.2. The summed E-state index contributed by atoms with van der Waals surface area (Å²) in [5.74, 6) is -1.29. The molecule has 6 heteroatoms. The average molecular weight is 401 g/mol. The number of ether oxygens (including phenoxy) is 1. The Morgan fingerprint density at radius 2 is 1.24 bits per heavy atom. The molecular formula is C23H32N2O4. The van der Waals surface area contributed by atoms with Crippen LogP contribution in [0.5, 0.6) is 0 Å². The summed E-state index contributed by atoms with van der Waals surface area (Å²) in [7, 11) is 1.38. The molecule has 2 aliphatic carbocycles. The van der Waals surface area contributed by atoms with Gasteiger partial charge in [0.1, 0.15) is 11.4 Å². The summed E-state index contributed by atoms with van der Waals surface area (Å²) < 4.78 is 4.63. The Morgan fingerprint density at radius 3 is 1.72 bits per heavy atom. The zero-order chi connectivity index (χ0) is 19.2. The Bertz CT molecular complexity index is 849. The maximum Gasteiger partial charge on any atom is 0.356 e. The molecule has 1 N–H and O–H groups in total. The van der Waals surface area contributed by atoms with Gasteiger partial charge in [-0.1, -0.05) is 27.0 Å². The largest absolute Gasteiger partial charge is 0.477 e. The second-order valence-electron chi connectivity index (χ2n) is 6.82. The topological polar surface area (TPSA) is 89.4 Å². The molecule has 0 saturated heterocycles. The fourth-order valence-corrected chi connectivity index (χ4v) is 3.50. The Morgan fingerprint density at radius 1 is 0.793 bits per heavy atom. The summed E-state index contributed by atoms with van der Waals surface area (Å²) in [4.78, 5) is 30.3. The Kier molecular flexibility index (Phi) is 9.45. The Labute approximate surface area is 173 Å². The Hall–Kier alpha value is -2.76. The molecule has 0 aromatic carbocycles. The molecule has 0 saturated carbocycles. The average Bonchev–Trinajstić information content (AvgIpc) is 2.72. The molecule has 158 valence electrons. The zero-order valence-corrected chi connectivity index (χ0v) is 15.5. The van der Waals surface area contributed by atoms with Crippen molar-refractivity contribution in [3.8, 4) is 0 Å². The van der Waals surface area contributed by atoms with Crippen LogP contribution in [-0.4, -0.2) is 34.1 Å². The van der Waals surface area contributed by atoms with E-state index < -0.39 is 5.97 Å². The first-order chi connectivity index (χ1) is 13.1. The van der Waals surface area contributed by atoms with Crippen LogP contribution in [0.2, 0.25) is 0 Å². The van der Waals surface area contributed by atoms with Crippen LogP contribution < -0.4 is 0 Å². The van der Waals surface area contributed by atoms with E-state index in [1.165, 1.54) is 37.5 Å². The van der Waals surface area contributed by atoms with Crippen molar-refractivity contribution in [1.82, 2.24) is 9.97 Å². The highest BCUT2D eigenvalue weighted by Gasteiger charge is 2.14. The summed E-state index contributed by atoms with van der Waals surface area (Å²) in [5.41, 5.74) is 5.14. The van der Waals surface area contributed by atoms with E-state index in [9.17, 15) is 9.59 Å². The van der Waals surface area contributed by atoms with Crippen molar-refractivity contribution in [3.05, 3.63) is 58.2 Å². The summed E-state index contributed by atoms with van der Waals surface area (Å²) in [6, 6.07) is 7.22. The highest BCUT2D eigenvalue weighted by molar-refractivity contribution is 5.87. The van der Waals surface area contributed by atoms with Crippen LogP contribution in [0.25, 0.3) is 0 Å². The van der Waals surface area contributed by atoms with Crippen molar-refractivity contribution >= 4 is 11.9 Å². The van der Waals surface area contributed by atoms with Gasteiger partial charge in [0.05, 0.1) is 7.11 Å². The minimum Gasteiger partial charge on any atom is -0.477 e. The molecule has 0 fully saturated rings. The van der Waals surface area contributed by atoms with Gasteiger partial charge in [-0.25, -0.2) is 19.6 Å². The fraction of sp³-hybridized carbons (Fsp3) is 0.478. The molecule has 2 aromatic rings. The number of aryl methyl sites for hydroxylation is 4. The minimum absolute atomic E-state index is 0. The third kappa shape index (κ3) is 6.11. The number of carboxylic acids is 1. The summed E-state index contributed by atoms with van der Waals surface area (Å²) in [6.45, 7) is 0. The number of fused-ring (bicyclic) bond motifs is 2. The smallest absolute Gasteiger partial charge is 0.356 e. The number of nitrogens with zero attached hydrogens (tertiary/aromatic N) is 2. The number of esters is 1. The van der Waals surface area contributed by atoms with Crippen LogP contribution in [0.4, 0.5) is 0 Å². The van der Waals surface area contributed by atoms with Crippen LogP contribution >= 0.6 is 0 Å². The number of carbonyl (C=O) groups is 2. The monoisotopic (exact) mass is 400 g/mol. The van der Waals surface area contributed by atoms with E-state index in [0.717, 1.165) is 43.5 Å². The van der Waals surface area contributed by atoms with E-state index in [4.69, 9.17) is 5.11 Å². The van der Waals surface area contributed by atoms with Crippen molar-refractivity contribution in [1.29, 1.82) is 0 Å². The van der Waals surface area contributed by atoms with Crippen molar-refractivity contribution in [2.75, 3.05) is 7.11 Å². The predicted molar refractivity (Wildman–Crippen MR) is 114 cm³/mol. The molecule has 29 heavy (non-hydrogen) atoms. The van der Waals surface area contributed by atoms with Gasteiger partial charge in [-0.2, -0.15) is 0 Å². The van der Waals surface area contributed by atoms with E-state index in [-0.39, 0.29) is 26.5 Å². The van der Waals surface area contributed by atoms with Gasteiger partial charge >= 0.3 is 11.9 Å². The highest BCUT2D eigenvalue weighted by Crippen LogP contribution is 2.20. The van der Waals surface area contributed by atoms with Gasteiger partial charge in [0.25, 0.3) is 0 Å². The van der Waals surface area contributed by atoms with Crippen LogP contribution in [0.1, 0.15) is 84.0 Å². The van der Waals surface area contributed by atoms with E-state index in [1.807, 2.05) is 12.1 Å². The lowest BCUT2D eigenvalue weighted by Crippen LogP contribution is -2.11. The molecule has 0 aliphatic heterocycles. The normalized spacial score (nSPS) is 13.8. The first-order valence-corrected chi connectivity index (χ1v) is 9.37. The van der Waals surface area contributed by atoms with Gasteiger partial charge < -0.3 is 9.84 Å². The molecule has 6 nitrogen and oxygen atoms in total. The Balaban J connectivity index is 0.000000272. The first kappa shape index (κ1) is 24.3. The van der Waals surface area contributed by atoms with Gasteiger partial charge in [0.2, 0.25) is 0 Å². The summed E-state index contributed by atoms with van der Waals surface area (Å²) >= 11 is 0. The summed E-state index contributed by atoms with van der Waals surface area (Å²) in [5, 5.41) is 8.72. The second kappa shape index (κ2) is 11.3. The zero-order valence-electron chi connectivity index (χ0n) is 15.5. The molecule has 0 bridgehead atoms. The fourth-order valence-electron chi connectivity index (χ4n) is 3.50. The maximum atomic E-state index is 11.2. The van der Waals surface area contributed by atoms with Crippen LogP contribution in [-0.2, 0) is 30.4 Å². The molecule has 0 unspecified atom stereocenters. The molecule has 2 aliphatic rings. The van der Waals surface area contributed by atoms with Crippen molar-refractivity contribution < 1.29 is 19.4 Å². The number of carboxylic acid groups (broad SMARTS) is 1. The van der Waals surface area contributed by atoms with Crippen LogP contribution in [0.3, 0.4) is 0 Å². The lowest BCUT2D eigenvalue weighted by atomic mass is 9.96. The molecular weight excluding hydrogens is 368 g/mol. The lowest BCUT2D eigenvalue weighted by Gasteiger charge is -2.14. The van der Waals surface area contributed by atoms with Crippen LogP contribution in [0, 0.1) is 0 Å². The highest BCUT2D eigenvalue weighted by atomic mass is 16.5. The molecule has 2 heterocycles. The van der Waals surface area contributed by atoms with Gasteiger partial charge in [-0.05, 0) is 74.6 Å². The standard InChI is InChI=1S/C11H13NO2.C10H11NO2.2CH4/c1-14-11(13)10-7-6-8-4-2-3-5-9(8)12-10;12-10(13)9-6-5-7-3-1-2-4-8(7)11-9;;/h6-7H,2-5H2,1H3;5-6H,1-4H2,(H,12,13);2*1H4. The number of aromatic nitrogens is 2. The first-order valence-electron chi connectivity index (χ1n) is 9.37. The number of aromatic carboxylic acids is 1. The van der Waals surface area contributed by atoms with E-state index in [1.54, 1.807) is 12.1 Å². The van der Waals surface area contributed by atoms with Gasteiger partial charge in [0, 0.05) is 11.4 Å². The molecule has 0 atom stereocenters. The molecule has 0 radical (unpaired) electrons. The number of hydrogen-bond donors (Lipinski definition) is 1. The third-order valence-electron chi connectivity index (χ3n) is 4.97. The number of pyridine rings is 2. The quantitative estimate of drug-likeness (QED) is 0.736. The minimum atomic E-state index is -0.937. The van der Waals surface area contributed by atoms with Crippen LogP contribution in [0.15, 0.2) is 24.3 Å². The molecule has 0 spiro atoms. The van der Waals surface area contributed by atoms with E-state index in [2.05, 4.69) is 14.7 Å². The van der Waals surface area contributed by atoms with Gasteiger partial charge in [-0.3, -0.25) is 0 Å². The number of carbonyl (C=O) groups excluding carboxylic acids is 1. The van der Waals surface area contributed by atoms with Crippen molar-refractivity contribution in [3.63, 3.8) is 0 Å². The van der Waals surface area contributed by atoms with Gasteiger partial charge in [0.15, 0.2) is 0 Å². The number of hydrogen-bond acceptors (Lipinski definition) is 5. The number of rotatable bonds is 2. The molecule has 2 aromatic heterocycles. The lowest BCUT2D eigenvalue weighted by molar-refractivity contribution is 0.0592. The second-order valence-corrected chi connectivity index (χ2v) is 6.82. The van der Waals surface area contributed by atoms with Crippen molar-refractivity contribution in [2.24, 2.45) is 0 Å². The summed E-state index contributed by atoms with van der Waals surface area (Å²) in [6.07, 6.45) is 8.77. The van der Waals surface area contributed by atoms with E-state index >= 15 is 0 Å². The third-order valence-corrected chi connectivity index (χ3v) is 4.97. The van der Waals surface area contributed by atoms with Crippen molar-refractivity contribution in [2.45, 2.75) is 66.2 Å².